The number of ether oxygens (including phenoxy) is 1. The summed E-state index contributed by atoms with van der Waals surface area (Å²) in [7, 11) is 0. The number of benzene rings is 2. The van der Waals surface area contributed by atoms with Crippen molar-refractivity contribution in [2.45, 2.75) is 12.1 Å². The van der Waals surface area contributed by atoms with E-state index in [0.717, 1.165) is 17.5 Å². The molecule has 5 nitrogen and oxygen atoms in total. The van der Waals surface area contributed by atoms with Gasteiger partial charge in [-0.1, -0.05) is 36.4 Å². The van der Waals surface area contributed by atoms with Gasteiger partial charge in [-0.2, -0.15) is 0 Å². The fourth-order valence-electron chi connectivity index (χ4n) is 2.70. The number of fused-ring (bicyclic) bond motifs is 1. The molecule has 116 valence electrons. The summed E-state index contributed by atoms with van der Waals surface area (Å²) >= 11 is 0. The van der Waals surface area contributed by atoms with Crippen molar-refractivity contribution >= 4 is 16.7 Å². The van der Waals surface area contributed by atoms with E-state index in [-0.39, 0.29) is 11.9 Å². The Morgan fingerprint density at radius 1 is 1.32 bits per heavy atom. The first-order valence-corrected chi connectivity index (χ1v) is 7.59. The summed E-state index contributed by atoms with van der Waals surface area (Å²) in [6.45, 7) is 2.24. The lowest BCUT2D eigenvalue weighted by Crippen LogP contribution is -2.49. The molecule has 1 fully saturated rings. The first kappa shape index (κ1) is 15.0. The summed E-state index contributed by atoms with van der Waals surface area (Å²) in [4.78, 5) is 12.3. The molecule has 1 amide bonds. The van der Waals surface area contributed by atoms with Crippen molar-refractivity contribution in [2.24, 2.45) is 5.73 Å². The van der Waals surface area contributed by atoms with Crippen LogP contribution in [0.2, 0.25) is 0 Å². The number of hydrogen-bond donors (Lipinski definition) is 3. The van der Waals surface area contributed by atoms with Crippen LogP contribution in [0.15, 0.2) is 42.5 Å². The molecule has 1 heterocycles. The van der Waals surface area contributed by atoms with Crippen LogP contribution in [-0.2, 0) is 9.53 Å². The fourth-order valence-corrected chi connectivity index (χ4v) is 2.70. The summed E-state index contributed by atoms with van der Waals surface area (Å²) in [5.41, 5.74) is 6.87. The maximum Gasteiger partial charge on any atom is 0.250 e. The Labute approximate surface area is 129 Å². The Bertz CT molecular complexity index is 653. The van der Waals surface area contributed by atoms with Gasteiger partial charge in [0, 0.05) is 19.6 Å². The van der Waals surface area contributed by atoms with Gasteiger partial charge in [0.25, 0.3) is 5.91 Å². The minimum Gasteiger partial charge on any atom is -0.366 e. The Morgan fingerprint density at radius 3 is 2.86 bits per heavy atom. The molecule has 0 aliphatic carbocycles. The standard InChI is InChI=1S/C17H21N3O2/c18-10-15(20-17(21)16-11-19-7-8-22-16)14-6-5-12-3-1-2-4-13(12)9-14/h1-6,9,15-16,19H,7-8,10-11,18H2,(H,20,21)/t15?,16-/m1/s1. The number of hydrogen-bond acceptors (Lipinski definition) is 4. The van der Waals surface area contributed by atoms with E-state index in [1.807, 2.05) is 18.2 Å². The topological polar surface area (TPSA) is 76.4 Å². The third kappa shape index (κ3) is 3.27. The monoisotopic (exact) mass is 299 g/mol. The Kier molecular flexibility index (Phi) is 4.68. The highest BCUT2D eigenvalue weighted by Crippen LogP contribution is 2.20. The van der Waals surface area contributed by atoms with E-state index in [9.17, 15) is 4.79 Å². The smallest absolute Gasteiger partial charge is 0.250 e. The first-order chi connectivity index (χ1) is 10.8. The highest BCUT2D eigenvalue weighted by molar-refractivity contribution is 5.84. The van der Waals surface area contributed by atoms with E-state index < -0.39 is 6.10 Å². The molecule has 1 aliphatic rings. The fraction of sp³-hybridized carbons (Fsp3) is 0.353. The number of rotatable bonds is 4. The molecule has 1 aliphatic heterocycles. The van der Waals surface area contributed by atoms with Crippen molar-refractivity contribution in [2.75, 3.05) is 26.2 Å². The van der Waals surface area contributed by atoms with E-state index in [1.165, 1.54) is 5.39 Å². The number of carbonyl (C=O) groups is 1. The van der Waals surface area contributed by atoms with Crippen LogP contribution in [0, 0.1) is 0 Å². The van der Waals surface area contributed by atoms with Gasteiger partial charge in [0.1, 0.15) is 6.10 Å². The molecule has 5 heteroatoms. The summed E-state index contributed by atoms with van der Waals surface area (Å²) < 4.78 is 5.48. The summed E-state index contributed by atoms with van der Waals surface area (Å²) in [6, 6.07) is 14.1. The first-order valence-electron chi connectivity index (χ1n) is 7.59. The van der Waals surface area contributed by atoms with Crippen molar-refractivity contribution in [3.05, 3.63) is 48.0 Å². The zero-order chi connectivity index (χ0) is 15.4. The molecule has 0 bridgehead atoms. The van der Waals surface area contributed by atoms with E-state index in [2.05, 4.69) is 34.9 Å². The van der Waals surface area contributed by atoms with Gasteiger partial charge in [-0.05, 0) is 22.4 Å². The van der Waals surface area contributed by atoms with Gasteiger partial charge in [0.15, 0.2) is 0 Å². The second kappa shape index (κ2) is 6.87. The van der Waals surface area contributed by atoms with Gasteiger partial charge in [-0.25, -0.2) is 0 Å². The zero-order valence-electron chi connectivity index (χ0n) is 12.4. The largest absolute Gasteiger partial charge is 0.366 e. The molecule has 3 rings (SSSR count). The van der Waals surface area contributed by atoms with E-state index >= 15 is 0 Å². The van der Waals surface area contributed by atoms with Crippen LogP contribution in [0.3, 0.4) is 0 Å². The molecule has 2 aromatic rings. The normalized spacial score (nSPS) is 19.8. The van der Waals surface area contributed by atoms with E-state index in [0.29, 0.717) is 19.7 Å². The van der Waals surface area contributed by atoms with Crippen molar-refractivity contribution in [3.8, 4) is 0 Å². The lowest BCUT2D eigenvalue weighted by atomic mass is 10.0. The van der Waals surface area contributed by atoms with Crippen LogP contribution in [0.25, 0.3) is 10.8 Å². The SMILES string of the molecule is NCC(NC(=O)[C@H]1CNCCO1)c1ccc2ccccc2c1. The summed E-state index contributed by atoms with van der Waals surface area (Å²) in [5.74, 6) is -0.115. The summed E-state index contributed by atoms with van der Waals surface area (Å²) in [6.07, 6.45) is -0.441. The average Bonchev–Trinajstić information content (AvgIpc) is 2.59. The van der Waals surface area contributed by atoms with E-state index in [4.69, 9.17) is 10.5 Å². The highest BCUT2D eigenvalue weighted by atomic mass is 16.5. The van der Waals surface area contributed by atoms with Crippen molar-refractivity contribution in [3.63, 3.8) is 0 Å². The van der Waals surface area contributed by atoms with Crippen molar-refractivity contribution in [1.29, 1.82) is 0 Å². The van der Waals surface area contributed by atoms with Gasteiger partial charge < -0.3 is 21.1 Å². The highest BCUT2D eigenvalue weighted by Gasteiger charge is 2.24. The predicted molar refractivity (Wildman–Crippen MR) is 86.5 cm³/mol. The Balaban J connectivity index is 1.75. The lowest BCUT2D eigenvalue weighted by molar-refractivity contribution is -0.134. The molecule has 22 heavy (non-hydrogen) atoms. The second-order valence-corrected chi connectivity index (χ2v) is 5.47. The minimum atomic E-state index is -0.441. The molecular formula is C17H21N3O2. The minimum absolute atomic E-state index is 0.115. The average molecular weight is 299 g/mol. The Hall–Kier alpha value is -1.95. The molecule has 0 saturated carbocycles. The molecular weight excluding hydrogens is 278 g/mol. The number of nitrogens with one attached hydrogen (secondary N) is 2. The number of morpholine rings is 1. The molecule has 0 aromatic heterocycles. The number of carbonyl (C=O) groups excluding carboxylic acids is 1. The van der Waals surface area contributed by atoms with Crippen molar-refractivity contribution in [1.82, 2.24) is 10.6 Å². The molecule has 1 unspecified atom stereocenters. The molecule has 1 saturated heterocycles. The Morgan fingerprint density at radius 2 is 2.14 bits per heavy atom. The van der Waals surface area contributed by atoms with Crippen LogP contribution in [0.1, 0.15) is 11.6 Å². The van der Waals surface area contributed by atoms with E-state index in [1.54, 1.807) is 0 Å². The lowest BCUT2D eigenvalue weighted by Gasteiger charge is -2.25. The molecule has 4 N–H and O–H groups in total. The predicted octanol–water partition coefficient (Wildman–Crippen LogP) is 0.944. The molecule has 2 atom stereocenters. The van der Waals surface area contributed by atoms with Gasteiger partial charge in [-0.15, -0.1) is 0 Å². The van der Waals surface area contributed by atoms with Gasteiger partial charge in [0.2, 0.25) is 0 Å². The second-order valence-electron chi connectivity index (χ2n) is 5.47. The quantitative estimate of drug-likeness (QED) is 0.785. The van der Waals surface area contributed by atoms with Crippen LogP contribution in [-0.4, -0.2) is 38.3 Å². The van der Waals surface area contributed by atoms with Gasteiger partial charge in [-0.3, -0.25) is 4.79 Å². The third-order valence-electron chi connectivity index (χ3n) is 3.95. The number of amides is 1. The van der Waals surface area contributed by atoms with Crippen LogP contribution < -0.4 is 16.4 Å². The molecule has 0 spiro atoms. The van der Waals surface area contributed by atoms with Crippen LogP contribution in [0.5, 0.6) is 0 Å². The van der Waals surface area contributed by atoms with Gasteiger partial charge >= 0.3 is 0 Å². The maximum absolute atomic E-state index is 12.3. The summed E-state index contributed by atoms with van der Waals surface area (Å²) in [5, 5.41) is 8.46. The third-order valence-corrected chi connectivity index (χ3v) is 3.95. The van der Waals surface area contributed by atoms with Crippen LogP contribution >= 0.6 is 0 Å². The zero-order valence-corrected chi connectivity index (χ0v) is 12.4. The maximum atomic E-state index is 12.3. The molecule has 2 aromatic carbocycles. The molecule has 0 radical (unpaired) electrons. The van der Waals surface area contributed by atoms with Gasteiger partial charge in [0.05, 0.1) is 12.6 Å². The van der Waals surface area contributed by atoms with Crippen LogP contribution in [0.4, 0.5) is 0 Å². The number of nitrogens with two attached hydrogens (primary N) is 1. The van der Waals surface area contributed by atoms with Crippen molar-refractivity contribution < 1.29 is 9.53 Å².